The van der Waals surface area contributed by atoms with E-state index in [0.29, 0.717) is 23.6 Å². The summed E-state index contributed by atoms with van der Waals surface area (Å²) in [6, 6.07) is 6.91. The van der Waals surface area contributed by atoms with Gasteiger partial charge in [0.25, 0.3) is 5.56 Å². The molecule has 0 amide bonds. The molecule has 2 saturated carbocycles. The minimum atomic E-state index is -0.272. The highest BCUT2D eigenvalue weighted by molar-refractivity contribution is 6.04. The molecule has 3 aliphatic rings. The van der Waals surface area contributed by atoms with Gasteiger partial charge in [-0.3, -0.25) is 14.3 Å². The Morgan fingerprint density at radius 2 is 1.86 bits per heavy atom. The summed E-state index contributed by atoms with van der Waals surface area (Å²) in [5, 5.41) is 16.1. The molecule has 2 N–H and O–H groups in total. The van der Waals surface area contributed by atoms with Crippen molar-refractivity contribution in [1.29, 1.82) is 0 Å². The van der Waals surface area contributed by atoms with Crippen molar-refractivity contribution in [2.24, 2.45) is 5.92 Å². The number of rotatable bonds is 6. The first-order valence-electron chi connectivity index (χ1n) is 13.6. The van der Waals surface area contributed by atoms with E-state index in [1.165, 1.54) is 18.4 Å². The minimum Gasteiger partial charge on any atom is -0.393 e. The van der Waals surface area contributed by atoms with E-state index in [0.717, 1.165) is 74.6 Å². The molecule has 3 aromatic rings. The number of aliphatic hydroxyl groups excluding tert-OH is 1. The monoisotopic (exact) mass is 490 g/mol. The van der Waals surface area contributed by atoms with Gasteiger partial charge >= 0.3 is 0 Å². The number of piperazine rings is 1. The van der Waals surface area contributed by atoms with Crippen LogP contribution in [-0.4, -0.2) is 74.8 Å². The molecule has 1 aliphatic heterocycles. The van der Waals surface area contributed by atoms with Crippen LogP contribution in [0.4, 0.5) is 5.95 Å². The Balaban J connectivity index is 1.41. The second-order valence-electron chi connectivity index (χ2n) is 11.3. The highest BCUT2D eigenvalue weighted by Crippen LogP contribution is 2.33. The first kappa shape index (κ1) is 23.8. The van der Waals surface area contributed by atoms with Crippen LogP contribution >= 0.6 is 0 Å². The van der Waals surface area contributed by atoms with Crippen molar-refractivity contribution < 1.29 is 5.11 Å². The molecule has 6 rings (SSSR count). The van der Waals surface area contributed by atoms with Gasteiger partial charge in [-0.15, -0.1) is 0 Å². The van der Waals surface area contributed by atoms with E-state index in [1.807, 2.05) is 10.8 Å². The summed E-state index contributed by atoms with van der Waals surface area (Å²) in [5.74, 6) is 1.31. The Bertz CT molecular complexity index is 1310. The molecule has 3 fully saturated rings. The number of anilines is 1. The highest BCUT2D eigenvalue weighted by atomic mass is 16.3. The van der Waals surface area contributed by atoms with Crippen molar-refractivity contribution in [3.63, 3.8) is 0 Å². The average Bonchev–Trinajstić information content (AvgIpc) is 3.71. The maximum atomic E-state index is 14.0. The Kier molecular flexibility index (Phi) is 6.44. The second kappa shape index (κ2) is 9.72. The fourth-order valence-electron chi connectivity index (χ4n) is 5.90. The summed E-state index contributed by atoms with van der Waals surface area (Å²) in [7, 11) is 2.19. The zero-order valence-electron chi connectivity index (χ0n) is 21.5. The molecular formula is C28H38N6O2. The van der Waals surface area contributed by atoms with Crippen LogP contribution in [0.3, 0.4) is 0 Å². The Morgan fingerprint density at radius 1 is 1.06 bits per heavy atom. The van der Waals surface area contributed by atoms with E-state index in [9.17, 15) is 9.90 Å². The number of fused-ring (bicyclic) bond motifs is 3. The molecule has 1 aromatic carbocycles. The lowest BCUT2D eigenvalue weighted by molar-refractivity contribution is 0.100. The van der Waals surface area contributed by atoms with E-state index in [2.05, 4.69) is 52.3 Å². The molecule has 8 nitrogen and oxygen atoms in total. The number of hydrogen-bond donors (Lipinski definition) is 2. The van der Waals surface area contributed by atoms with Crippen molar-refractivity contribution in [2.75, 3.05) is 38.5 Å². The zero-order valence-corrected chi connectivity index (χ0v) is 21.5. The van der Waals surface area contributed by atoms with Crippen LogP contribution in [0.1, 0.15) is 57.1 Å². The lowest BCUT2D eigenvalue weighted by Gasteiger charge is -2.37. The largest absolute Gasteiger partial charge is 0.393 e. The molecule has 1 saturated heterocycles. The predicted molar refractivity (Wildman–Crippen MR) is 143 cm³/mol. The van der Waals surface area contributed by atoms with Crippen molar-refractivity contribution in [3.8, 4) is 0 Å². The molecule has 36 heavy (non-hydrogen) atoms. The molecular weight excluding hydrogens is 452 g/mol. The van der Waals surface area contributed by atoms with E-state index < -0.39 is 0 Å². The quantitative estimate of drug-likeness (QED) is 0.512. The summed E-state index contributed by atoms with van der Waals surface area (Å²) >= 11 is 0. The van der Waals surface area contributed by atoms with Gasteiger partial charge in [0.15, 0.2) is 0 Å². The summed E-state index contributed by atoms with van der Waals surface area (Å²) < 4.78 is 1.91. The Labute approximate surface area is 212 Å². The smallest absolute Gasteiger partial charge is 0.260 e. The molecule has 1 atom stereocenters. The van der Waals surface area contributed by atoms with E-state index in [1.54, 1.807) is 0 Å². The molecule has 2 aliphatic carbocycles. The van der Waals surface area contributed by atoms with Crippen LogP contribution in [-0.2, 0) is 6.54 Å². The van der Waals surface area contributed by atoms with Crippen molar-refractivity contribution in [2.45, 2.75) is 70.2 Å². The van der Waals surface area contributed by atoms with E-state index in [4.69, 9.17) is 4.98 Å². The molecule has 3 heterocycles. The van der Waals surface area contributed by atoms with Gasteiger partial charge in [0, 0.05) is 61.8 Å². The van der Waals surface area contributed by atoms with Gasteiger partial charge in [0.2, 0.25) is 5.95 Å². The van der Waals surface area contributed by atoms with Gasteiger partial charge in [-0.25, -0.2) is 4.98 Å². The first-order valence-corrected chi connectivity index (χ1v) is 13.6. The van der Waals surface area contributed by atoms with Gasteiger partial charge < -0.3 is 15.3 Å². The summed E-state index contributed by atoms with van der Waals surface area (Å²) in [4.78, 5) is 28.4. The number of nitrogens with zero attached hydrogens (tertiary/aromatic N) is 5. The van der Waals surface area contributed by atoms with Crippen LogP contribution in [0.25, 0.3) is 21.8 Å². The van der Waals surface area contributed by atoms with Gasteiger partial charge in [-0.1, -0.05) is 12.1 Å². The minimum absolute atomic E-state index is 0.0272. The molecule has 8 heteroatoms. The molecule has 0 bridgehead atoms. The number of benzene rings is 1. The maximum absolute atomic E-state index is 14.0. The number of aromatic nitrogens is 3. The SMILES string of the molecule is C[C@@H]1CN(Cc2ccc3c(c2)c(=O)n(C2CCC(O)CC2)c2nc(NCC4CC4)ncc32)CCN1C. The molecule has 0 spiro atoms. The van der Waals surface area contributed by atoms with Crippen molar-refractivity contribution >= 4 is 27.8 Å². The number of hydrogen-bond acceptors (Lipinski definition) is 7. The molecule has 0 radical (unpaired) electrons. The highest BCUT2D eigenvalue weighted by Gasteiger charge is 2.26. The van der Waals surface area contributed by atoms with Crippen LogP contribution < -0.4 is 10.9 Å². The molecule has 192 valence electrons. The Hall–Kier alpha value is -2.55. The number of pyridine rings is 1. The third kappa shape index (κ3) is 4.74. The number of likely N-dealkylation sites (N-methyl/N-ethyl adjacent to an activating group) is 1. The lowest BCUT2D eigenvalue weighted by Crippen LogP contribution is -2.49. The maximum Gasteiger partial charge on any atom is 0.260 e. The van der Waals surface area contributed by atoms with Gasteiger partial charge in [0.05, 0.1) is 6.10 Å². The van der Waals surface area contributed by atoms with Crippen LogP contribution in [0.15, 0.2) is 29.2 Å². The van der Waals surface area contributed by atoms with Crippen LogP contribution in [0.5, 0.6) is 0 Å². The zero-order chi connectivity index (χ0) is 24.8. The third-order valence-corrected chi connectivity index (χ3v) is 8.55. The standard InChI is InChI=1S/C28H38N6O2/c1-18-16-33(12-11-32(18)2)17-20-5-10-23-24(13-20)27(36)34(21-6-8-22(35)9-7-21)26-25(23)15-30-28(31-26)29-14-19-3-4-19/h5,10,13,15,18-19,21-22,35H,3-4,6-9,11-12,14,16-17H2,1-2H3,(H,29,30,31)/t18-,21?,22?/m1/s1. The van der Waals surface area contributed by atoms with E-state index >= 15 is 0 Å². The number of nitrogens with one attached hydrogen (secondary N) is 1. The fourth-order valence-corrected chi connectivity index (χ4v) is 5.90. The normalized spacial score (nSPS) is 26.0. The third-order valence-electron chi connectivity index (χ3n) is 8.55. The van der Waals surface area contributed by atoms with Crippen LogP contribution in [0.2, 0.25) is 0 Å². The Morgan fingerprint density at radius 3 is 2.61 bits per heavy atom. The fraction of sp³-hybridized carbons (Fsp3) is 0.607. The first-order chi connectivity index (χ1) is 17.5. The summed E-state index contributed by atoms with van der Waals surface area (Å²) in [6.45, 7) is 7.14. The lowest BCUT2D eigenvalue weighted by atomic mass is 9.92. The average molecular weight is 491 g/mol. The van der Waals surface area contributed by atoms with Gasteiger partial charge in [-0.05, 0) is 75.4 Å². The topological polar surface area (TPSA) is 86.5 Å². The van der Waals surface area contributed by atoms with Crippen LogP contribution in [0, 0.1) is 5.92 Å². The van der Waals surface area contributed by atoms with Crippen molar-refractivity contribution in [3.05, 3.63) is 40.3 Å². The van der Waals surface area contributed by atoms with Crippen molar-refractivity contribution in [1.82, 2.24) is 24.3 Å². The van der Waals surface area contributed by atoms with Gasteiger partial charge in [0.1, 0.15) is 5.65 Å². The summed E-state index contributed by atoms with van der Waals surface area (Å²) in [5.41, 5.74) is 1.91. The van der Waals surface area contributed by atoms with Gasteiger partial charge in [-0.2, -0.15) is 4.98 Å². The molecule has 2 aromatic heterocycles. The predicted octanol–water partition coefficient (Wildman–Crippen LogP) is 3.38. The van der Waals surface area contributed by atoms with E-state index in [-0.39, 0.29) is 17.7 Å². The second-order valence-corrected chi connectivity index (χ2v) is 11.3. The number of aliphatic hydroxyl groups is 1. The molecule has 0 unspecified atom stereocenters. The summed E-state index contributed by atoms with van der Waals surface area (Å²) in [6.07, 6.45) is 7.14.